The molecule has 1 aromatic rings. The molecule has 0 atom stereocenters. The average Bonchev–Trinajstić information content (AvgIpc) is 2.47. The molecule has 0 saturated heterocycles. The number of allylic oxidation sites excluding steroid dienone is 2. The van der Waals surface area contributed by atoms with Crippen molar-refractivity contribution in [2.75, 3.05) is 27.4 Å². The van der Waals surface area contributed by atoms with E-state index < -0.39 is 0 Å². The summed E-state index contributed by atoms with van der Waals surface area (Å²) >= 11 is 0. The standard InChI is InChI=1S/C14H15NO5/c1-19-10-3-4-11(20-2)13-12(10)9(17)7-8(14(13)18)15-5-6-16/h3-4,7,15-16H,5-6H2,1-2H3. The molecular formula is C14H15NO5. The number of fused-ring (bicyclic) bond motifs is 1. The number of ether oxygens (including phenoxy) is 2. The van der Waals surface area contributed by atoms with Crippen molar-refractivity contribution in [1.29, 1.82) is 0 Å². The summed E-state index contributed by atoms with van der Waals surface area (Å²) in [7, 11) is 2.86. The second-order valence-electron chi connectivity index (χ2n) is 4.12. The molecular weight excluding hydrogens is 262 g/mol. The van der Waals surface area contributed by atoms with E-state index in [0.29, 0.717) is 11.5 Å². The molecule has 0 aromatic heterocycles. The molecule has 0 spiro atoms. The van der Waals surface area contributed by atoms with Crippen LogP contribution in [0.5, 0.6) is 11.5 Å². The van der Waals surface area contributed by atoms with Crippen LogP contribution >= 0.6 is 0 Å². The quantitative estimate of drug-likeness (QED) is 0.817. The van der Waals surface area contributed by atoms with Crippen molar-refractivity contribution >= 4 is 11.6 Å². The molecule has 20 heavy (non-hydrogen) atoms. The monoisotopic (exact) mass is 277 g/mol. The van der Waals surface area contributed by atoms with Crippen LogP contribution in [0.4, 0.5) is 0 Å². The van der Waals surface area contributed by atoms with Gasteiger partial charge in [0.2, 0.25) is 5.78 Å². The van der Waals surface area contributed by atoms with Crippen molar-refractivity contribution in [3.05, 3.63) is 35.0 Å². The van der Waals surface area contributed by atoms with Gasteiger partial charge in [-0.1, -0.05) is 0 Å². The number of aliphatic hydroxyl groups is 1. The van der Waals surface area contributed by atoms with Gasteiger partial charge in [-0.25, -0.2) is 0 Å². The fourth-order valence-electron chi connectivity index (χ4n) is 2.10. The smallest absolute Gasteiger partial charge is 0.213 e. The molecule has 2 rings (SSSR count). The van der Waals surface area contributed by atoms with Crippen LogP contribution in [0.15, 0.2) is 23.9 Å². The molecule has 0 saturated carbocycles. The van der Waals surface area contributed by atoms with Gasteiger partial charge in [-0.2, -0.15) is 0 Å². The zero-order valence-electron chi connectivity index (χ0n) is 11.2. The van der Waals surface area contributed by atoms with E-state index in [1.165, 1.54) is 20.3 Å². The summed E-state index contributed by atoms with van der Waals surface area (Å²) in [5.74, 6) is -0.0493. The number of methoxy groups -OCH3 is 2. The molecule has 0 heterocycles. The highest BCUT2D eigenvalue weighted by Crippen LogP contribution is 2.35. The van der Waals surface area contributed by atoms with Crippen molar-refractivity contribution in [3.8, 4) is 11.5 Å². The van der Waals surface area contributed by atoms with Crippen LogP contribution in [-0.4, -0.2) is 44.0 Å². The van der Waals surface area contributed by atoms with E-state index in [1.807, 2.05) is 0 Å². The summed E-state index contributed by atoms with van der Waals surface area (Å²) < 4.78 is 10.3. The SMILES string of the molecule is COc1ccc(OC)c2c1C(=O)C=C(NCCO)C2=O. The molecule has 1 aliphatic rings. The minimum absolute atomic E-state index is 0.138. The number of benzene rings is 1. The molecule has 0 bridgehead atoms. The predicted octanol–water partition coefficient (Wildman–Crippen LogP) is 0.549. The highest BCUT2D eigenvalue weighted by atomic mass is 16.5. The topological polar surface area (TPSA) is 84.9 Å². The van der Waals surface area contributed by atoms with Gasteiger partial charge in [-0.05, 0) is 12.1 Å². The Balaban J connectivity index is 2.56. The third kappa shape index (κ3) is 2.25. The number of aliphatic hydroxyl groups excluding tert-OH is 1. The number of carbonyl (C=O) groups excluding carboxylic acids is 2. The highest BCUT2D eigenvalue weighted by Gasteiger charge is 2.31. The van der Waals surface area contributed by atoms with Gasteiger partial charge in [-0.15, -0.1) is 0 Å². The Hall–Kier alpha value is -2.34. The zero-order valence-corrected chi connectivity index (χ0v) is 11.2. The van der Waals surface area contributed by atoms with Crippen LogP contribution in [0.2, 0.25) is 0 Å². The van der Waals surface area contributed by atoms with E-state index in [0.717, 1.165) is 0 Å². The van der Waals surface area contributed by atoms with Gasteiger partial charge >= 0.3 is 0 Å². The molecule has 0 radical (unpaired) electrons. The maximum atomic E-state index is 12.4. The van der Waals surface area contributed by atoms with E-state index in [9.17, 15) is 9.59 Å². The number of Topliss-reactive ketones (excluding diaryl/α,β-unsaturated/α-hetero) is 1. The number of carbonyl (C=O) groups is 2. The molecule has 0 fully saturated rings. The van der Waals surface area contributed by atoms with Gasteiger partial charge in [0, 0.05) is 12.6 Å². The van der Waals surface area contributed by atoms with Crippen molar-refractivity contribution < 1.29 is 24.2 Å². The Morgan fingerprint density at radius 1 is 1.10 bits per heavy atom. The van der Waals surface area contributed by atoms with Crippen molar-refractivity contribution in [3.63, 3.8) is 0 Å². The van der Waals surface area contributed by atoms with Gasteiger partial charge in [0.25, 0.3) is 0 Å². The maximum absolute atomic E-state index is 12.4. The van der Waals surface area contributed by atoms with Gasteiger partial charge in [0.15, 0.2) is 5.78 Å². The van der Waals surface area contributed by atoms with Crippen LogP contribution in [0.3, 0.4) is 0 Å². The first kappa shape index (κ1) is 14.1. The number of rotatable bonds is 5. The number of hydrogen-bond acceptors (Lipinski definition) is 6. The second kappa shape index (κ2) is 5.75. The zero-order chi connectivity index (χ0) is 14.7. The van der Waals surface area contributed by atoms with Crippen LogP contribution in [0.1, 0.15) is 20.7 Å². The van der Waals surface area contributed by atoms with Crippen molar-refractivity contribution in [1.82, 2.24) is 5.32 Å². The average molecular weight is 277 g/mol. The summed E-state index contributed by atoms with van der Waals surface area (Å²) in [4.78, 5) is 24.6. The first-order chi connectivity index (χ1) is 9.63. The first-order valence-corrected chi connectivity index (χ1v) is 6.04. The van der Waals surface area contributed by atoms with Crippen LogP contribution in [0.25, 0.3) is 0 Å². The fraction of sp³-hybridized carbons (Fsp3) is 0.286. The Morgan fingerprint density at radius 3 is 2.25 bits per heavy atom. The third-order valence-electron chi connectivity index (χ3n) is 2.99. The van der Waals surface area contributed by atoms with Crippen LogP contribution < -0.4 is 14.8 Å². The number of nitrogens with one attached hydrogen (secondary N) is 1. The van der Waals surface area contributed by atoms with Crippen LogP contribution in [0, 0.1) is 0 Å². The maximum Gasteiger partial charge on any atom is 0.213 e. The van der Waals surface area contributed by atoms with Crippen molar-refractivity contribution in [2.45, 2.75) is 0 Å². The molecule has 6 nitrogen and oxygen atoms in total. The highest BCUT2D eigenvalue weighted by molar-refractivity contribution is 6.26. The molecule has 6 heteroatoms. The van der Waals surface area contributed by atoms with Gasteiger partial charge in [0.1, 0.15) is 11.5 Å². The molecule has 1 aromatic carbocycles. The molecule has 0 amide bonds. The van der Waals surface area contributed by atoms with E-state index in [4.69, 9.17) is 14.6 Å². The van der Waals surface area contributed by atoms with E-state index >= 15 is 0 Å². The van der Waals surface area contributed by atoms with E-state index in [-0.39, 0.29) is 41.5 Å². The van der Waals surface area contributed by atoms with Gasteiger partial charge < -0.3 is 19.9 Å². The molecule has 0 unspecified atom stereocenters. The van der Waals surface area contributed by atoms with Crippen molar-refractivity contribution in [2.24, 2.45) is 0 Å². The Morgan fingerprint density at radius 2 is 1.70 bits per heavy atom. The van der Waals surface area contributed by atoms with E-state index in [1.54, 1.807) is 12.1 Å². The summed E-state index contributed by atoms with van der Waals surface area (Å²) in [6.45, 7) is 0.0490. The summed E-state index contributed by atoms with van der Waals surface area (Å²) in [6.07, 6.45) is 1.21. The second-order valence-corrected chi connectivity index (χ2v) is 4.12. The number of ketones is 2. The Bertz CT molecular complexity index is 591. The minimum atomic E-state index is -0.358. The lowest BCUT2D eigenvalue weighted by molar-refractivity contribution is 0.0972. The molecule has 0 aliphatic heterocycles. The number of hydrogen-bond donors (Lipinski definition) is 2. The lowest BCUT2D eigenvalue weighted by atomic mass is 9.91. The van der Waals surface area contributed by atoms with Gasteiger partial charge in [-0.3, -0.25) is 9.59 Å². The molecule has 2 N–H and O–H groups in total. The van der Waals surface area contributed by atoms with Crippen LogP contribution in [-0.2, 0) is 0 Å². The Labute approximate surface area is 116 Å². The van der Waals surface area contributed by atoms with Gasteiger partial charge in [0.05, 0.1) is 37.7 Å². The third-order valence-corrected chi connectivity index (χ3v) is 2.99. The lowest BCUT2D eigenvalue weighted by Gasteiger charge is -2.20. The Kier molecular flexibility index (Phi) is 4.05. The largest absolute Gasteiger partial charge is 0.496 e. The molecule has 106 valence electrons. The fourth-order valence-corrected chi connectivity index (χ4v) is 2.10. The first-order valence-electron chi connectivity index (χ1n) is 6.04. The summed E-state index contributed by atoms with van der Waals surface area (Å²) in [5, 5.41) is 11.5. The lowest BCUT2D eigenvalue weighted by Crippen LogP contribution is -2.29. The summed E-state index contributed by atoms with van der Waals surface area (Å²) in [6, 6.07) is 3.17. The molecule has 1 aliphatic carbocycles. The minimum Gasteiger partial charge on any atom is -0.496 e. The van der Waals surface area contributed by atoms with E-state index in [2.05, 4.69) is 5.32 Å². The normalized spacial score (nSPS) is 13.7. The predicted molar refractivity (Wildman–Crippen MR) is 71.4 cm³/mol. The summed E-state index contributed by atoms with van der Waals surface area (Å²) in [5.41, 5.74) is 0.522.